The van der Waals surface area contributed by atoms with Crippen LogP contribution in [0.15, 0.2) is 84.9 Å². The normalized spacial score (nSPS) is 16.8. The first kappa shape index (κ1) is 51.6. The summed E-state index contributed by atoms with van der Waals surface area (Å²) in [7, 11) is 4.62. The van der Waals surface area contributed by atoms with Gasteiger partial charge in [0.15, 0.2) is 0 Å². The molecule has 0 aromatic heterocycles. The molecule has 4 rings (SSSR count). The highest BCUT2D eigenvalue weighted by Gasteiger charge is 2.43. The van der Waals surface area contributed by atoms with Crippen LogP contribution in [0.3, 0.4) is 0 Å². The van der Waals surface area contributed by atoms with Crippen molar-refractivity contribution in [2.24, 2.45) is 17.8 Å². The van der Waals surface area contributed by atoms with E-state index in [9.17, 15) is 33.9 Å². The Morgan fingerprint density at radius 2 is 1.45 bits per heavy atom. The van der Waals surface area contributed by atoms with Crippen LogP contribution in [-0.2, 0) is 53.0 Å². The number of anilines is 1. The van der Waals surface area contributed by atoms with Crippen LogP contribution in [0.4, 0.5) is 15.3 Å². The SMILES string of the molecule is CC[C@H](C)[C@@H]([C@H](CC(=O)N1CCC[C@H]1[C@H](OC)[C@@H](C)C(=O)N[C@@H](Cc1ccccc1)C(=O)Nc1ccc(CNC(=O)OCc2ccccc2)cc1)OC)N(C)C(=O)[C@@H](NC(=O)O)C(C)C. The second-order valence-electron chi connectivity index (χ2n) is 17.1. The van der Waals surface area contributed by atoms with E-state index in [2.05, 4.69) is 21.3 Å². The fourth-order valence-corrected chi connectivity index (χ4v) is 8.42. The summed E-state index contributed by atoms with van der Waals surface area (Å²) in [6, 6.07) is 22.7. The van der Waals surface area contributed by atoms with Crippen LogP contribution in [-0.4, -0.2) is 115 Å². The van der Waals surface area contributed by atoms with Gasteiger partial charge in [0.25, 0.3) is 0 Å². The van der Waals surface area contributed by atoms with E-state index in [0.717, 1.165) is 16.7 Å². The van der Waals surface area contributed by atoms with Gasteiger partial charge >= 0.3 is 12.2 Å². The van der Waals surface area contributed by atoms with Crippen molar-refractivity contribution in [2.45, 2.75) is 116 Å². The highest BCUT2D eigenvalue weighted by atomic mass is 16.5. The fraction of sp³-hybridized carbons (Fsp3) is 0.510. The average molecular weight is 901 g/mol. The molecule has 0 aliphatic carbocycles. The maximum absolute atomic E-state index is 14.3. The summed E-state index contributed by atoms with van der Waals surface area (Å²) in [5, 5.41) is 20.4. The zero-order valence-corrected chi connectivity index (χ0v) is 39.0. The summed E-state index contributed by atoms with van der Waals surface area (Å²) in [5.74, 6) is -2.69. The first-order chi connectivity index (χ1) is 31.1. The maximum atomic E-state index is 14.3. The van der Waals surface area contributed by atoms with Crippen molar-refractivity contribution < 1.29 is 48.1 Å². The highest BCUT2D eigenvalue weighted by Crippen LogP contribution is 2.30. The van der Waals surface area contributed by atoms with Gasteiger partial charge in [-0.25, -0.2) is 9.59 Å². The van der Waals surface area contributed by atoms with Gasteiger partial charge in [0.1, 0.15) is 18.7 Å². The predicted octanol–water partition coefficient (Wildman–Crippen LogP) is 5.99. The van der Waals surface area contributed by atoms with Gasteiger partial charge in [-0.3, -0.25) is 19.2 Å². The summed E-state index contributed by atoms with van der Waals surface area (Å²) >= 11 is 0. The number of hydrogen-bond acceptors (Lipinski definition) is 9. The minimum absolute atomic E-state index is 0.0621. The number of alkyl carbamates (subject to hydrolysis) is 1. The summed E-state index contributed by atoms with van der Waals surface area (Å²) in [4.78, 5) is 83.1. The lowest BCUT2D eigenvalue weighted by molar-refractivity contribution is -0.147. The highest BCUT2D eigenvalue weighted by molar-refractivity contribution is 5.97. The second-order valence-corrected chi connectivity index (χ2v) is 17.1. The van der Waals surface area contributed by atoms with Crippen LogP contribution >= 0.6 is 0 Å². The Kier molecular flexibility index (Phi) is 20.2. The van der Waals surface area contributed by atoms with Crippen molar-refractivity contribution in [3.8, 4) is 0 Å². The van der Waals surface area contributed by atoms with E-state index in [1.165, 1.54) is 19.1 Å². The van der Waals surface area contributed by atoms with E-state index in [1.54, 1.807) is 57.0 Å². The third-order valence-electron chi connectivity index (χ3n) is 12.3. The van der Waals surface area contributed by atoms with Crippen molar-refractivity contribution in [2.75, 3.05) is 33.1 Å². The topological polar surface area (TPSA) is 205 Å². The van der Waals surface area contributed by atoms with Crippen molar-refractivity contribution in [1.29, 1.82) is 0 Å². The molecule has 8 atom stereocenters. The van der Waals surface area contributed by atoms with E-state index in [1.807, 2.05) is 74.5 Å². The molecular formula is C49H68N6O10. The number of nitrogens with zero attached hydrogens (tertiary/aromatic N) is 2. The van der Waals surface area contributed by atoms with E-state index in [0.29, 0.717) is 31.5 Å². The van der Waals surface area contributed by atoms with Crippen molar-refractivity contribution in [3.05, 3.63) is 102 Å². The predicted molar refractivity (Wildman–Crippen MR) is 247 cm³/mol. The number of carbonyl (C=O) groups is 6. The van der Waals surface area contributed by atoms with Crippen LogP contribution < -0.4 is 21.3 Å². The molecule has 5 N–H and O–H groups in total. The van der Waals surface area contributed by atoms with E-state index >= 15 is 0 Å². The Hall–Kier alpha value is -6.00. The molecule has 0 saturated carbocycles. The van der Waals surface area contributed by atoms with Gasteiger partial charge in [0.2, 0.25) is 23.6 Å². The Morgan fingerprint density at radius 3 is 2.02 bits per heavy atom. The van der Waals surface area contributed by atoms with Crippen molar-refractivity contribution in [3.63, 3.8) is 0 Å². The molecule has 1 heterocycles. The van der Waals surface area contributed by atoms with Crippen LogP contribution in [0, 0.1) is 17.8 Å². The van der Waals surface area contributed by atoms with E-state index in [4.69, 9.17) is 14.2 Å². The van der Waals surface area contributed by atoms with Crippen LogP contribution in [0.25, 0.3) is 0 Å². The summed E-state index contributed by atoms with van der Waals surface area (Å²) in [6.07, 6.45) is -1.22. The second kappa shape index (κ2) is 25.5. The van der Waals surface area contributed by atoms with Crippen molar-refractivity contribution >= 4 is 41.5 Å². The lowest BCUT2D eigenvalue weighted by Gasteiger charge is -2.40. The van der Waals surface area contributed by atoms with E-state index < -0.39 is 72.2 Å². The Morgan fingerprint density at radius 1 is 0.815 bits per heavy atom. The lowest BCUT2D eigenvalue weighted by Crippen LogP contribution is -2.57. The Bertz CT molecular complexity index is 2000. The number of rotatable bonds is 23. The number of carbonyl (C=O) groups excluding carboxylic acids is 5. The summed E-state index contributed by atoms with van der Waals surface area (Å²) in [6.45, 7) is 9.99. The van der Waals surface area contributed by atoms with Gasteiger partial charge in [-0.2, -0.15) is 0 Å². The third kappa shape index (κ3) is 15.0. The van der Waals surface area contributed by atoms with Gasteiger partial charge in [0.05, 0.1) is 36.6 Å². The lowest BCUT2D eigenvalue weighted by atomic mass is 9.89. The molecule has 16 heteroatoms. The molecule has 16 nitrogen and oxygen atoms in total. The minimum Gasteiger partial charge on any atom is -0.465 e. The fourth-order valence-electron chi connectivity index (χ4n) is 8.42. The number of carboxylic acid groups (broad SMARTS) is 1. The molecule has 1 saturated heterocycles. The first-order valence-corrected chi connectivity index (χ1v) is 22.4. The zero-order valence-electron chi connectivity index (χ0n) is 39.0. The largest absolute Gasteiger partial charge is 0.465 e. The van der Waals surface area contributed by atoms with Gasteiger partial charge in [-0.15, -0.1) is 0 Å². The van der Waals surface area contributed by atoms with Crippen LogP contribution in [0.1, 0.15) is 77.0 Å². The quantitative estimate of drug-likeness (QED) is 0.0752. The first-order valence-electron chi connectivity index (χ1n) is 22.4. The molecule has 1 aliphatic rings. The molecule has 3 aromatic carbocycles. The van der Waals surface area contributed by atoms with Crippen molar-refractivity contribution in [1.82, 2.24) is 25.8 Å². The number of likely N-dealkylation sites (tertiary alicyclic amines) is 1. The van der Waals surface area contributed by atoms with Gasteiger partial charge in [-0.1, -0.05) is 114 Å². The van der Waals surface area contributed by atoms with Crippen LogP contribution in [0.2, 0.25) is 0 Å². The number of ether oxygens (including phenoxy) is 3. The molecule has 0 unspecified atom stereocenters. The number of hydrogen-bond donors (Lipinski definition) is 5. The number of benzene rings is 3. The van der Waals surface area contributed by atoms with Gasteiger partial charge in [-0.05, 0) is 53.5 Å². The molecule has 1 aliphatic heterocycles. The molecule has 0 bridgehead atoms. The molecule has 1 fully saturated rings. The molecule has 0 radical (unpaired) electrons. The monoisotopic (exact) mass is 900 g/mol. The number of methoxy groups -OCH3 is 2. The zero-order chi connectivity index (χ0) is 47.6. The maximum Gasteiger partial charge on any atom is 0.407 e. The molecule has 3 aromatic rings. The Labute approximate surface area is 383 Å². The molecular weight excluding hydrogens is 833 g/mol. The van der Waals surface area contributed by atoms with Gasteiger partial charge < -0.3 is 50.4 Å². The number of amides is 6. The minimum atomic E-state index is -1.30. The van der Waals surface area contributed by atoms with Gasteiger partial charge in [0, 0.05) is 46.5 Å². The van der Waals surface area contributed by atoms with E-state index in [-0.39, 0.29) is 43.7 Å². The Balaban J connectivity index is 1.43. The van der Waals surface area contributed by atoms with Crippen LogP contribution in [0.5, 0.6) is 0 Å². The molecule has 0 spiro atoms. The third-order valence-corrected chi connectivity index (χ3v) is 12.3. The summed E-state index contributed by atoms with van der Waals surface area (Å²) in [5.41, 5.74) is 3.00. The molecule has 354 valence electrons. The molecule has 6 amide bonds. The number of nitrogens with one attached hydrogen (secondary N) is 4. The smallest absolute Gasteiger partial charge is 0.407 e. The average Bonchev–Trinajstić information content (AvgIpc) is 3.79. The standard InChI is InChI=1S/C49H68N6O10/c1-9-32(4)43(54(6)47(59)42(31(2)3)53-48(60)61)40(63-7)28-41(56)55-26-16-21-39(55)44(64-8)33(5)45(57)52-38(27-34-17-12-10-13-18-34)46(58)51-37-24-22-35(23-25-37)29-50-49(62)65-30-36-19-14-11-15-20-36/h10-15,17-20,22-25,31-33,38-40,42-44,53H,9,16,21,26-30H2,1-8H3,(H,50,62)(H,51,58)(H,52,57)(H,60,61)/t32-,33+,38-,39-,40-,42-,43-,44+/m0/s1. The number of likely N-dealkylation sites (N-methyl/N-ethyl adjacent to an activating group) is 1. The summed E-state index contributed by atoms with van der Waals surface area (Å²) < 4.78 is 17.2. The molecule has 65 heavy (non-hydrogen) atoms.